The number of aromatic nitrogens is 5. The summed E-state index contributed by atoms with van der Waals surface area (Å²) in [6.07, 6.45) is 4.39. The Morgan fingerprint density at radius 1 is 1.08 bits per heavy atom. The fourth-order valence-corrected chi connectivity index (χ4v) is 7.20. The van der Waals surface area contributed by atoms with Crippen molar-refractivity contribution in [3.63, 3.8) is 0 Å². The maximum Gasteiger partial charge on any atom is 0.429 e. The molecule has 17 heteroatoms. The van der Waals surface area contributed by atoms with Crippen molar-refractivity contribution >= 4 is 32.8 Å². The van der Waals surface area contributed by atoms with Gasteiger partial charge in [-0.3, -0.25) is 4.98 Å². The molecule has 0 saturated carbocycles. The van der Waals surface area contributed by atoms with E-state index >= 15 is 8.78 Å². The minimum atomic E-state index is -5.20. The van der Waals surface area contributed by atoms with Gasteiger partial charge in [-0.05, 0) is 71.2 Å². The molecule has 0 N–H and O–H groups in total. The topological polar surface area (TPSA) is 148 Å². The minimum absolute atomic E-state index is 0.0342. The molecule has 1 aromatic carbocycles. The number of amides is 1. The fourth-order valence-electron chi connectivity index (χ4n) is 5.75. The number of sulfonamides is 1. The van der Waals surface area contributed by atoms with Crippen LogP contribution in [0.2, 0.25) is 0 Å². The van der Waals surface area contributed by atoms with Crippen LogP contribution in [0.15, 0.2) is 59.9 Å². The van der Waals surface area contributed by atoms with Gasteiger partial charge in [-0.2, -0.15) is 9.40 Å². The van der Waals surface area contributed by atoms with E-state index < -0.39 is 67.8 Å². The summed E-state index contributed by atoms with van der Waals surface area (Å²) in [5.74, 6) is -4.16. The van der Waals surface area contributed by atoms with Crippen molar-refractivity contribution in [1.29, 1.82) is 0 Å². The van der Waals surface area contributed by atoms with Crippen molar-refractivity contribution in [2.75, 3.05) is 18.0 Å². The Morgan fingerprint density at radius 2 is 1.87 bits per heavy atom. The average molecular weight is 741 g/mol. The van der Waals surface area contributed by atoms with Gasteiger partial charge < -0.3 is 18.9 Å². The summed E-state index contributed by atoms with van der Waals surface area (Å²) in [5, 5.41) is 5.29. The van der Waals surface area contributed by atoms with Crippen molar-refractivity contribution < 1.29 is 45.3 Å². The first kappa shape index (κ1) is 36.5. The quantitative estimate of drug-likeness (QED) is 0.153. The van der Waals surface area contributed by atoms with Crippen molar-refractivity contribution in [2.24, 2.45) is 0 Å². The molecule has 52 heavy (non-hydrogen) atoms. The Morgan fingerprint density at radius 3 is 2.54 bits per heavy atom. The molecular weight excluding hydrogens is 705 g/mol. The lowest BCUT2D eigenvalue weighted by molar-refractivity contribution is -0.0371. The lowest BCUT2D eigenvalue weighted by Gasteiger charge is -2.28. The third-order valence-electron chi connectivity index (χ3n) is 8.02. The zero-order valence-corrected chi connectivity index (χ0v) is 29.7. The van der Waals surface area contributed by atoms with E-state index in [9.17, 15) is 17.6 Å². The normalized spacial score (nSPS) is 15.0. The summed E-state index contributed by atoms with van der Waals surface area (Å²) in [6, 6.07) is 7.29. The van der Waals surface area contributed by atoms with Gasteiger partial charge in [0.15, 0.2) is 22.6 Å². The second-order valence-corrected chi connectivity index (χ2v) is 14.6. The smallest absolute Gasteiger partial charge is 0.429 e. The summed E-state index contributed by atoms with van der Waals surface area (Å²) < 4.78 is 98.3. The summed E-state index contributed by atoms with van der Waals surface area (Å²) in [4.78, 5) is 25.3. The predicted octanol–water partition coefficient (Wildman–Crippen LogP) is 7.03. The number of anilines is 1. The number of carbonyl (C=O) groups is 1. The molecule has 13 nitrogen and oxygen atoms in total. The molecule has 0 radical (unpaired) electrons. The molecule has 0 aliphatic carbocycles. The van der Waals surface area contributed by atoms with Gasteiger partial charge in [-0.25, -0.2) is 41.0 Å². The van der Waals surface area contributed by atoms with Gasteiger partial charge in [0.1, 0.15) is 35.3 Å². The molecular formula is C35H35F3N6O7S. The molecule has 4 aromatic heterocycles. The van der Waals surface area contributed by atoms with Gasteiger partial charge in [0.25, 0.3) is 10.0 Å². The number of methoxy groups -OCH3 is 1. The standard InChI is InChI=1S/C35H35F3N6O7S/c1-20-29-30(24-10-6-8-14-39-24)26(18-40-32(29)43(42-20)28-11-7-9-15-49-28)50-19-22-23(37)12-13-25(31(22)38)44(34(45)51-35(2,3)4)52(46,47)27-16-21(36)17-41-33(27)48-5/h6,8,10,12-14,16-18,28H,7,9,11,15,19H2,1-5H3. The zero-order chi connectivity index (χ0) is 37.4. The first-order chi connectivity index (χ1) is 24.7. The number of ether oxygens (including phenoxy) is 4. The van der Waals surface area contributed by atoms with E-state index in [4.69, 9.17) is 24.0 Å². The van der Waals surface area contributed by atoms with Crippen LogP contribution in [0.5, 0.6) is 11.6 Å². The fraction of sp³-hybridized carbons (Fsp3) is 0.343. The zero-order valence-electron chi connectivity index (χ0n) is 28.9. The number of halogens is 3. The monoisotopic (exact) mass is 740 g/mol. The van der Waals surface area contributed by atoms with Gasteiger partial charge in [0, 0.05) is 18.9 Å². The number of aryl methyl sites for hydroxylation is 1. The van der Waals surface area contributed by atoms with Crippen molar-refractivity contribution in [2.45, 2.75) is 70.3 Å². The summed E-state index contributed by atoms with van der Waals surface area (Å²) in [5.41, 5.74) is -0.929. The number of hydrogen-bond acceptors (Lipinski definition) is 11. The molecule has 0 bridgehead atoms. The molecule has 0 spiro atoms. The molecule has 274 valence electrons. The van der Waals surface area contributed by atoms with Crippen LogP contribution in [-0.4, -0.2) is 58.6 Å². The van der Waals surface area contributed by atoms with Crippen LogP contribution in [0, 0.1) is 24.4 Å². The Hall–Kier alpha value is -5.29. The van der Waals surface area contributed by atoms with Crippen LogP contribution >= 0.6 is 0 Å². The van der Waals surface area contributed by atoms with Crippen LogP contribution in [0.4, 0.5) is 23.7 Å². The highest BCUT2D eigenvalue weighted by molar-refractivity contribution is 7.93. The second kappa shape index (κ2) is 14.4. The van der Waals surface area contributed by atoms with Gasteiger partial charge in [-0.1, -0.05) is 6.07 Å². The van der Waals surface area contributed by atoms with E-state index in [0.29, 0.717) is 46.9 Å². The van der Waals surface area contributed by atoms with Crippen LogP contribution in [-0.2, 0) is 26.1 Å². The molecule has 1 unspecified atom stereocenters. The van der Waals surface area contributed by atoms with Gasteiger partial charge in [0.05, 0.1) is 47.4 Å². The number of pyridine rings is 3. The van der Waals surface area contributed by atoms with E-state index in [-0.39, 0.29) is 16.3 Å². The minimum Gasteiger partial charge on any atom is -0.486 e. The average Bonchev–Trinajstić information content (AvgIpc) is 3.45. The van der Waals surface area contributed by atoms with Crippen LogP contribution in [0.1, 0.15) is 57.5 Å². The number of fused-ring (bicyclic) bond motifs is 1. The molecule has 1 amide bonds. The largest absolute Gasteiger partial charge is 0.486 e. The number of carbonyl (C=O) groups excluding carboxylic acids is 1. The van der Waals surface area contributed by atoms with Gasteiger partial charge in [0.2, 0.25) is 5.88 Å². The van der Waals surface area contributed by atoms with E-state index in [1.807, 2.05) is 0 Å². The summed E-state index contributed by atoms with van der Waals surface area (Å²) in [6.45, 7) is 5.95. The van der Waals surface area contributed by atoms with Gasteiger partial charge >= 0.3 is 6.09 Å². The van der Waals surface area contributed by atoms with E-state index in [1.54, 1.807) is 36.0 Å². The molecule has 1 atom stereocenters. The molecule has 5 heterocycles. The highest BCUT2D eigenvalue weighted by Crippen LogP contribution is 2.40. The Balaban J connectivity index is 1.44. The molecule has 1 fully saturated rings. The van der Waals surface area contributed by atoms with Gasteiger partial charge in [-0.15, -0.1) is 0 Å². The summed E-state index contributed by atoms with van der Waals surface area (Å²) >= 11 is 0. The molecule has 1 saturated heterocycles. The van der Waals surface area contributed by atoms with E-state index in [2.05, 4.69) is 15.0 Å². The molecule has 6 rings (SSSR count). The predicted molar refractivity (Wildman–Crippen MR) is 182 cm³/mol. The highest BCUT2D eigenvalue weighted by atomic mass is 32.2. The number of nitrogens with zero attached hydrogens (tertiary/aromatic N) is 6. The third kappa shape index (κ3) is 7.10. The van der Waals surface area contributed by atoms with Crippen LogP contribution < -0.4 is 13.8 Å². The van der Waals surface area contributed by atoms with Crippen molar-refractivity contribution in [3.05, 3.63) is 83.7 Å². The Kier molecular flexibility index (Phi) is 10.1. The van der Waals surface area contributed by atoms with E-state index in [0.717, 1.165) is 38.5 Å². The molecule has 1 aliphatic heterocycles. The Bertz CT molecular complexity index is 2240. The Labute approximate surface area is 297 Å². The second-order valence-electron chi connectivity index (χ2n) is 12.8. The first-order valence-corrected chi connectivity index (χ1v) is 17.6. The van der Waals surface area contributed by atoms with Crippen molar-refractivity contribution in [1.82, 2.24) is 24.7 Å². The number of hydrogen-bond donors (Lipinski definition) is 0. The number of benzene rings is 1. The molecule has 1 aliphatic rings. The van der Waals surface area contributed by atoms with Crippen LogP contribution in [0.25, 0.3) is 22.3 Å². The van der Waals surface area contributed by atoms with Crippen LogP contribution in [0.3, 0.4) is 0 Å². The maximum atomic E-state index is 16.5. The maximum absolute atomic E-state index is 16.5. The number of rotatable bonds is 9. The SMILES string of the molecule is COc1ncc(F)cc1S(=O)(=O)N(C(=O)OC(C)(C)C)c1ccc(F)c(COc2cnc3c(c(C)nn3C3CCCCO3)c2-c2ccccn2)c1F. The highest BCUT2D eigenvalue weighted by Gasteiger charge is 2.40. The third-order valence-corrected chi connectivity index (χ3v) is 9.70. The lowest BCUT2D eigenvalue weighted by Crippen LogP contribution is -2.42. The van der Waals surface area contributed by atoms with E-state index in [1.165, 1.54) is 27.0 Å². The molecule has 5 aromatic rings. The summed E-state index contributed by atoms with van der Waals surface area (Å²) in [7, 11) is -4.12. The lowest BCUT2D eigenvalue weighted by atomic mass is 10.1. The first-order valence-electron chi connectivity index (χ1n) is 16.2. The van der Waals surface area contributed by atoms with Crippen molar-refractivity contribution in [3.8, 4) is 22.9 Å².